The molecule has 5 N–H and O–H groups in total. The van der Waals surface area contributed by atoms with E-state index >= 15 is 0 Å². The van der Waals surface area contributed by atoms with Crippen LogP contribution in [-0.2, 0) is 13.1 Å². The number of hydrazine groups is 1. The molecule has 0 aliphatic rings. The van der Waals surface area contributed by atoms with Crippen LogP contribution in [-0.4, -0.2) is 20.2 Å². The molecule has 0 saturated heterocycles. The number of nitrogen functional groups attached to an aromatic ring is 1. The highest BCUT2D eigenvalue weighted by molar-refractivity contribution is 5.74. The molecule has 0 aliphatic heterocycles. The number of rotatable bonds is 7. The molecular formula is C23H25F2N7O2. The number of hydrogen-bond acceptors (Lipinski definition) is 7. The highest BCUT2D eigenvalue weighted by atomic mass is 19.2. The third kappa shape index (κ3) is 4.68. The predicted molar refractivity (Wildman–Crippen MR) is 127 cm³/mol. The molecule has 3 aromatic rings. The Balaban J connectivity index is 2.42. The maximum atomic E-state index is 14.0. The second-order valence-electron chi connectivity index (χ2n) is 7.96. The van der Waals surface area contributed by atoms with Crippen LogP contribution >= 0.6 is 0 Å². The van der Waals surface area contributed by atoms with E-state index in [1.165, 1.54) is 10.8 Å². The molecule has 0 saturated carbocycles. The lowest BCUT2D eigenvalue weighted by molar-refractivity contribution is 0.509. The van der Waals surface area contributed by atoms with Crippen molar-refractivity contribution in [3.63, 3.8) is 0 Å². The van der Waals surface area contributed by atoms with Gasteiger partial charge in [-0.2, -0.15) is 0 Å². The van der Waals surface area contributed by atoms with Gasteiger partial charge in [0.2, 0.25) is 0 Å². The fraction of sp³-hybridized carbons (Fsp3) is 0.261. The lowest BCUT2D eigenvalue weighted by Gasteiger charge is -2.26. The Labute approximate surface area is 194 Å². The van der Waals surface area contributed by atoms with E-state index in [1.807, 2.05) is 13.8 Å². The van der Waals surface area contributed by atoms with E-state index in [0.29, 0.717) is 5.56 Å². The third-order valence-electron chi connectivity index (χ3n) is 5.04. The summed E-state index contributed by atoms with van der Waals surface area (Å²) in [6.07, 6.45) is 8.43. The summed E-state index contributed by atoms with van der Waals surface area (Å²) in [5.41, 5.74) is 4.86. The zero-order valence-corrected chi connectivity index (χ0v) is 19.0. The smallest absolute Gasteiger partial charge is 0.336 e. The van der Waals surface area contributed by atoms with Gasteiger partial charge in [0.05, 0.1) is 35.5 Å². The van der Waals surface area contributed by atoms with Gasteiger partial charge in [-0.15, -0.1) is 6.42 Å². The molecule has 178 valence electrons. The summed E-state index contributed by atoms with van der Waals surface area (Å²) in [5.74, 6) is 6.31. The van der Waals surface area contributed by atoms with E-state index in [-0.39, 0.29) is 47.6 Å². The second-order valence-corrected chi connectivity index (χ2v) is 7.96. The zero-order valence-electron chi connectivity index (χ0n) is 19.0. The highest BCUT2D eigenvalue weighted by Gasteiger charge is 2.26. The number of aryl methyl sites for hydroxylation is 1. The van der Waals surface area contributed by atoms with Crippen molar-refractivity contribution >= 4 is 17.1 Å². The number of nitrogens with one attached hydrogen (secondary N) is 1. The summed E-state index contributed by atoms with van der Waals surface area (Å²) in [4.78, 5) is 31.2. The topological polar surface area (TPSA) is 124 Å². The Morgan fingerprint density at radius 2 is 1.88 bits per heavy atom. The van der Waals surface area contributed by atoms with E-state index < -0.39 is 22.9 Å². The maximum Gasteiger partial charge on any atom is 0.336 e. The molecule has 11 heteroatoms. The number of benzene rings is 1. The van der Waals surface area contributed by atoms with Crippen LogP contribution in [0.4, 0.5) is 25.8 Å². The number of nitrogens with two attached hydrogens (primary N) is 2. The fourth-order valence-electron chi connectivity index (χ4n) is 3.43. The number of pyridine rings is 1. The molecule has 0 fully saturated rings. The van der Waals surface area contributed by atoms with Gasteiger partial charge in [-0.25, -0.2) is 24.0 Å². The summed E-state index contributed by atoms with van der Waals surface area (Å²) in [6, 6.07) is 3.11. The first-order valence-electron chi connectivity index (χ1n) is 10.3. The van der Waals surface area contributed by atoms with Crippen molar-refractivity contribution in [1.82, 2.24) is 19.4 Å². The monoisotopic (exact) mass is 469 g/mol. The molecule has 0 amide bonds. The van der Waals surface area contributed by atoms with Gasteiger partial charge in [-0.1, -0.05) is 19.8 Å². The molecule has 0 atom stereocenters. The van der Waals surface area contributed by atoms with Crippen LogP contribution in [0, 0.1) is 30.9 Å². The summed E-state index contributed by atoms with van der Waals surface area (Å²) in [7, 11) is 0. The van der Waals surface area contributed by atoms with Crippen LogP contribution in [0.2, 0.25) is 0 Å². The Morgan fingerprint density at radius 3 is 2.50 bits per heavy atom. The van der Waals surface area contributed by atoms with Crippen LogP contribution in [0.15, 0.2) is 40.2 Å². The second kappa shape index (κ2) is 9.86. The Bertz CT molecular complexity index is 1390. The number of aromatic nitrogens is 3. The van der Waals surface area contributed by atoms with Gasteiger partial charge >= 0.3 is 5.69 Å². The molecule has 0 spiro atoms. The van der Waals surface area contributed by atoms with Crippen molar-refractivity contribution in [3.8, 4) is 18.0 Å². The van der Waals surface area contributed by atoms with E-state index in [9.17, 15) is 18.4 Å². The van der Waals surface area contributed by atoms with E-state index in [4.69, 9.17) is 18.0 Å². The summed E-state index contributed by atoms with van der Waals surface area (Å²) < 4.78 is 29.8. The van der Waals surface area contributed by atoms with E-state index in [2.05, 4.69) is 16.2 Å². The average molecular weight is 469 g/mol. The molecule has 9 nitrogen and oxygen atoms in total. The normalized spacial score (nSPS) is 11.0. The number of nitrogens with zero attached hydrogens (tertiary/aromatic N) is 4. The van der Waals surface area contributed by atoms with Gasteiger partial charge < -0.3 is 11.1 Å². The van der Waals surface area contributed by atoms with Crippen LogP contribution < -0.4 is 33.2 Å². The van der Waals surface area contributed by atoms with Crippen molar-refractivity contribution in [2.75, 3.05) is 10.7 Å². The molecule has 0 bridgehead atoms. The van der Waals surface area contributed by atoms with Gasteiger partial charge in [0.15, 0.2) is 11.6 Å². The quantitative estimate of drug-likeness (QED) is 0.208. The fourth-order valence-corrected chi connectivity index (χ4v) is 3.43. The predicted octanol–water partition coefficient (Wildman–Crippen LogP) is 1.71. The Hall–Kier alpha value is -4.01. The van der Waals surface area contributed by atoms with Crippen molar-refractivity contribution in [3.05, 3.63) is 74.3 Å². The van der Waals surface area contributed by atoms with Crippen LogP contribution in [0.25, 0.3) is 5.69 Å². The molecule has 1 aromatic carbocycles. The number of halogens is 2. The van der Waals surface area contributed by atoms with Crippen LogP contribution in [0.3, 0.4) is 0 Å². The van der Waals surface area contributed by atoms with E-state index in [0.717, 1.165) is 21.7 Å². The Kier molecular flexibility index (Phi) is 7.14. The largest absolute Gasteiger partial charge is 0.397 e. The molecule has 0 unspecified atom stereocenters. The summed E-state index contributed by atoms with van der Waals surface area (Å²) in [5, 5.41) is 3.97. The van der Waals surface area contributed by atoms with Gasteiger partial charge in [0.25, 0.3) is 5.56 Å². The SMILES string of the molecule is C#CCn1c(CNC(C)C)c(N(N)c2cc(F)c(F)cc2N)c(=O)n(-c2cncc(C)c2)c1=O. The zero-order chi connectivity index (χ0) is 25.2. The lowest BCUT2D eigenvalue weighted by Crippen LogP contribution is -2.46. The van der Waals surface area contributed by atoms with Gasteiger partial charge in [-0.3, -0.25) is 19.4 Å². The third-order valence-corrected chi connectivity index (χ3v) is 5.04. The first kappa shape index (κ1) is 24.6. The molecule has 34 heavy (non-hydrogen) atoms. The molecule has 0 radical (unpaired) electrons. The van der Waals surface area contributed by atoms with Crippen LogP contribution in [0.5, 0.6) is 0 Å². The van der Waals surface area contributed by atoms with Crippen LogP contribution in [0.1, 0.15) is 25.1 Å². The minimum Gasteiger partial charge on any atom is -0.397 e. The average Bonchev–Trinajstić information content (AvgIpc) is 2.76. The highest BCUT2D eigenvalue weighted by Crippen LogP contribution is 2.30. The first-order valence-corrected chi connectivity index (χ1v) is 10.3. The number of terminal acetylenes is 1. The number of hydrogen-bond donors (Lipinski definition) is 3. The minimum absolute atomic E-state index is 0.0230. The van der Waals surface area contributed by atoms with Gasteiger partial charge in [-0.05, 0) is 18.6 Å². The van der Waals surface area contributed by atoms with Gasteiger partial charge in [0, 0.05) is 30.9 Å². The molecule has 3 rings (SSSR count). The molecule has 2 heterocycles. The number of anilines is 3. The standard InChI is InChI=1S/C23H25F2N7O2/c1-5-6-30-20(12-29-13(2)3)21(32(27)19-9-17(25)16(24)8-18(19)26)22(33)31(23(30)34)15-7-14(4)10-28-11-15/h1,7-11,13,29H,6,12,26-27H2,2-4H3. The van der Waals surface area contributed by atoms with Gasteiger partial charge in [0.1, 0.15) is 5.69 Å². The first-order chi connectivity index (χ1) is 16.1. The maximum absolute atomic E-state index is 14.0. The molecule has 0 aliphatic carbocycles. The molecular weight excluding hydrogens is 444 g/mol. The Morgan fingerprint density at radius 1 is 1.21 bits per heavy atom. The van der Waals surface area contributed by atoms with E-state index in [1.54, 1.807) is 19.2 Å². The van der Waals surface area contributed by atoms with Crippen molar-refractivity contribution in [1.29, 1.82) is 0 Å². The minimum atomic E-state index is -1.21. The van der Waals surface area contributed by atoms with Crippen molar-refractivity contribution in [2.45, 2.75) is 39.9 Å². The summed E-state index contributed by atoms with van der Waals surface area (Å²) in [6.45, 7) is 5.35. The summed E-state index contributed by atoms with van der Waals surface area (Å²) >= 11 is 0. The van der Waals surface area contributed by atoms with Crippen molar-refractivity contribution in [2.24, 2.45) is 5.84 Å². The van der Waals surface area contributed by atoms with Crippen molar-refractivity contribution < 1.29 is 8.78 Å². The lowest BCUT2D eigenvalue weighted by atomic mass is 10.2. The molecule has 2 aromatic heterocycles.